The lowest BCUT2D eigenvalue weighted by Gasteiger charge is -2.41. The molecule has 1 aromatic rings. The SMILES string of the molecule is CN1CCCC2=C1CCN2[C@H]1CO[C@H](c2cc(F)ccc2F)[C@@H](N)C1. The van der Waals surface area contributed by atoms with Crippen molar-refractivity contribution < 1.29 is 13.5 Å². The van der Waals surface area contributed by atoms with Crippen molar-refractivity contribution in [1.29, 1.82) is 0 Å². The van der Waals surface area contributed by atoms with E-state index in [2.05, 4.69) is 16.8 Å². The zero-order valence-electron chi connectivity index (χ0n) is 14.5. The fourth-order valence-electron chi connectivity index (χ4n) is 4.51. The molecular formula is C19H25F2N3O. The van der Waals surface area contributed by atoms with E-state index in [1.807, 2.05) is 0 Å². The first-order chi connectivity index (χ1) is 12.0. The minimum Gasteiger partial charge on any atom is -0.376 e. The van der Waals surface area contributed by atoms with Gasteiger partial charge in [0.2, 0.25) is 0 Å². The summed E-state index contributed by atoms with van der Waals surface area (Å²) in [6.07, 6.45) is 3.48. The van der Waals surface area contributed by atoms with Gasteiger partial charge >= 0.3 is 0 Å². The Hall–Kier alpha value is -1.66. The second-order valence-electron chi connectivity index (χ2n) is 7.34. The van der Waals surface area contributed by atoms with Crippen molar-refractivity contribution in [3.8, 4) is 0 Å². The minimum atomic E-state index is -0.586. The highest BCUT2D eigenvalue weighted by molar-refractivity contribution is 5.25. The normalized spacial score (nSPS) is 30.0. The predicted octanol–water partition coefficient (Wildman–Crippen LogP) is 2.77. The summed E-state index contributed by atoms with van der Waals surface area (Å²) >= 11 is 0. The van der Waals surface area contributed by atoms with Crippen LogP contribution < -0.4 is 5.73 Å². The van der Waals surface area contributed by atoms with Crippen LogP contribution >= 0.6 is 0 Å². The van der Waals surface area contributed by atoms with Crippen LogP contribution in [0.2, 0.25) is 0 Å². The van der Waals surface area contributed by atoms with Gasteiger partial charge in [0, 0.05) is 49.6 Å². The number of allylic oxidation sites excluding steroid dienone is 1. The van der Waals surface area contributed by atoms with E-state index in [-0.39, 0.29) is 17.6 Å². The summed E-state index contributed by atoms with van der Waals surface area (Å²) in [4.78, 5) is 4.79. The van der Waals surface area contributed by atoms with Gasteiger partial charge in [-0.05, 0) is 37.5 Å². The van der Waals surface area contributed by atoms with E-state index in [9.17, 15) is 8.78 Å². The smallest absolute Gasteiger partial charge is 0.129 e. The highest BCUT2D eigenvalue weighted by atomic mass is 19.1. The maximum Gasteiger partial charge on any atom is 0.129 e. The van der Waals surface area contributed by atoms with Crippen molar-refractivity contribution in [1.82, 2.24) is 9.80 Å². The first kappa shape index (κ1) is 16.8. The highest BCUT2D eigenvalue weighted by Gasteiger charge is 2.38. The van der Waals surface area contributed by atoms with Gasteiger partial charge in [0.15, 0.2) is 0 Å². The number of hydrogen-bond acceptors (Lipinski definition) is 4. The zero-order valence-corrected chi connectivity index (χ0v) is 14.5. The van der Waals surface area contributed by atoms with Gasteiger partial charge in [0.05, 0.1) is 12.6 Å². The lowest BCUT2D eigenvalue weighted by Crippen LogP contribution is -2.48. The Balaban J connectivity index is 1.50. The summed E-state index contributed by atoms with van der Waals surface area (Å²) in [7, 11) is 2.16. The molecule has 0 spiro atoms. The molecule has 6 heteroatoms. The average Bonchev–Trinajstić information content (AvgIpc) is 3.03. The molecule has 1 fully saturated rings. The maximum atomic E-state index is 14.1. The first-order valence-electron chi connectivity index (χ1n) is 9.06. The van der Waals surface area contributed by atoms with Gasteiger partial charge in [-0.1, -0.05) is 0 Å². The fraction of sp³-hybridized carbons (Fsp3) is 0.579. The Labute approximate surface area is 147 Å². The molecule has 3 heterocycles. The van der Waals surface area contributed by atoms with E-state index in [1.165, 1.54) is 23.9 Å². The molecule has 2 N–H and O–H groups in total. The molecule has 0 amide bonds. The van der Waals surface area contributed by atoms with Crippen LogP contribution in [-0.4, -0.2) is 48.6 Å². The number of benzene rings is 1. The number of ether oxygens (including phenoxy) is 1. The Morgan fingerprint density at radius 1 is 1.16 bits per heavy atom. The molecule has 136 valence electrons. The number of rotatable bonds is 2. The Morgan fingerprint density at radius 2 is 2.00 bits per heavy atom. The standard InChI is InChI=1S/C19H25F2N3O/c1-23-7-2-3-18-17(23)6-8-24(18)13-10-16(22)19(25-11-13)14-9-12(20)4-5-15(14)21/h4-5,9,13,16,19H,2-3,6-8,10-11,22H2,1H3/t13-,16+,19-/m1/s1. The molecule has 3 aliphatic rings. The topological polar surface area (TPSA) is 41.7 Å². The Morgan fingerprint density at radius 3 is 2.80 bits per heavy atom. The van der Waals surface area contributed by atoms with Crippen molar-refractivity contribution in [3.05, 3.63) is 46.8 Å². The molecule has 4 nitrogen and oxygen atoms in total. The highest BCUT2D eigenvalue weighted by Crippen LogP contribution is 2.38. The van der Waals surface area contributed by atoms with Crippen LogP contribution in [0.3, 0.4) is 0 Å². The second kappa shape index (κ2) is 6.57. The molecule has 0 aliphatic carbocycles. The van der Waals surface area contributed by atoms with E-state index < -0.39 is 17.7 Å². The van der Waals surface area contributed by atoms with Gasteiger partial charge in [-0.3, -0.25) is 0 Å². The Kier molecular flexibility index (Phi) is 4.41. The van der Waals surface area contributed by atoms with Crippen LogP contribution in [-0.2, 0) is 4.74 Å². The van der Waals surface area contributed by atoms with E-state index in [0.29, 0.717) is 6.61 Å². The lowest BCUT2D eigenvalue weighted by atomic mass is 9.93. The summed E-state index contributed by atoms with van der Waals surface area (Å²) in [5.74, 6) is -0.922. The molecule has 0 unspecified atom stereocenters. The van der Waals surface area contributed by atoms with Crippen LogP contribution in [0.5, 0.6) is 0 Å². The maximum absolute atomic E-state index is 14.1. The van der Waals surface area contributed by atoms with Crippen LogP contribution in [0.4, 0.5) is 8.78 Å². The molecule has 25 heavy (non-hydrogen) atoms. The third kappa shape index (κ3) is 3.02. The van der Waals surface area contributed by atoms with Gasteiger partial charge in [0.25, 0.3) is 0 Å². The number of nitrogens with zero attached hydrogens (tertiary/aromatic N) is 2. The molecule has 0 bridgehead atoms. The summed E-state index contributed by atoms with van der Waals surface area (Å²) in [6, 6.07) is 3.32. The van der Waals surface area contributed by atoms with Crippen molar-refractivity contribution in [2.45, 2.75) is 43.9 Å². The van der Waals surface area contributed by atoms with Crippen molar-refractivity contribution in [2.75, 3.05) is 26.7 Å². The first-order valence-corrected chi connectivity index (χ1v) is 9.06. The number of halogens is 2. The summed E-state index contributed by atoms with van der Waals surface area (Å²) in [5, 5.41) is 0. The van der Waals surface area contributed by atoms with Gasteiger partial charge in [0.1, 0.15) is 17.7 Å². The molecule has 3 atom stereocenters. The average molecular weight is 349 g/mol. The van der Waals surface area contributed by atoms with E-state index in [4.69, 9.17) is 10.5 Å². The van der Waals surface area contributed by atoms with Crippen LogP contribution in [0.1, 0.15) is 37.4 Å². The van der Waals surface area contributed by atoms with Gasteiger partial charge in [-0.2, -0.15) is 0 Å². The monoisotopic (exact) mass is 349 g/mol. The molecule has 0 saturated carbocycles. The third-order valence-electron chi connectivity index (χ3n) is 5.74. The van der Waals surface area contributed by atoms with Crippen LogP contribution in [0.15, 0.2) is 29.6 Å². The van der Waals surface area contributed by atoms with Crippen molar-refractivity contribution in [3.63, 3.8) is 0 Å². The molecular weight excluding hydrogens is 324 g/mol. The second-order valence-corrected chi connectivity index (χ2v) is 7.34. The predicted molar refractivity (Wildman–Crippen MR) is 91.6 cm³/mol. The van der Waals surface area contributed by atoms with E-state index >= 15 is 0 Å². The molecule has 0 aromatic heterocycles. The Bertz CT molecular complexity index is 693. The van der Waals surface area contributed by atoms with Gasteiger partial charge in [-0.15, -0.1) is 0 Å². The van der Waals surface area contributed by atoms with E-state index in [0.717, 1.165) is 44.5 Å². The lowest BCUT2D eigenvalue weighted by molar-refractivity contribution is -0.0435. The van der Waals surface area contributed by atoms with E-state index in [1.54, 1.807) is 0 Å². The van der Waals surface area contributed by atoms with Crippen molar-refractivity contribution in [2.24, 2.45) is 5.73 Å². The summed E-state index contributed by atoms with van der Waals surface area (Å²) in [6.45, 7) is 2.61. The molecule has 1 aromatic carbocycles. The van der Waals surface area contributed by atoms with Gasteiger partial charge in [-0.25, -0.2) is 8.78 Å². The number of hydrogen-bond donors (Lipinski definition) is 1. The molecule has 1 saturated heterocycles. The van der Waals surface area contributed by atoms with Crippen LogP contribution in [0, 0.1) is 11.6 Å². The zero-order chi connectivity index (χ0) is 17.6. The summed E-state index contributed by atoms with van der Waals surface area (Å²) in [5.41, 5.74) is 9.41. The third-order valence-corrected chi connectivity index (χ3v) is 5.74. The van der Waals surface area contributed by atoms with Gasteiger partial charge < -0.3 is 20.3 Å². The molecule has 0 radical (unpaired) electrons. The molecule has 4 rings (SSSR count). The molecule has 3 aliphatic heterocycles. The van der Waals surface area contributed by atoms with Crippen LogP contribution in [0.25, 0.3) is 0 Å². The fourth-order valence-corrected chi connectivity index (χ4v) is 4.51. The minimum absolute atomic E-state index is 0.210. The summed E-state index contributed by atoms with van der Waals surface area (Å²) < 4.78 is 33.5. The largest absolute Gasteiger partial charge is 0.376 e. The number of nitrogens with two attached hydrogens (primary N) is 1. The quantitative estimate of drug-likeness (QED) is 0.892. The van der Waals surface area contributed by atoms with Crippen molar-refractivity contribution >= 4 is 0 Å².